The Morgan fingerprint density at radius 3 is 1.72 bits per heavy atom. The highest BCUT2D eigenvalue weighted by Gasteiger charge is 2.16. The van der Waals surface area contributed by atoms with E-state index in [1.165, 1.54) is 15.1 Å². The topological polar surface area (TPSA) is 145 Å². The van der Waals surface area contributed by atoms with Crippen molar-refractivity contribution in [3.8, 4) is 34.3 Å². The van der Waals surface area contributed by atoms with Crippen LogP contribution in [-0.2, 0) is 13.2 Å². The zero-order valence-corrected chi connectivity index (χ0v) is 31.3. The number of benzene rings is 4. The molecule has 0 aliphatic rings. The zero-order valence-electron chi connectivity index (χ0n) is 28.2. The summed E-state index contributed by atoms with van der Waals surface area (Å²) in [6.45, 7) is 4.02. The van der Waals surface area contributed by atoms with Gasteiger partial charge < -0.3 is 9.47 Å². The maximum Gasteiger partial charge on any atom is 0.288 e. The van der Waals surface area contributed by atoms with Gasteiger partial charge >= 0.3 is 0 Å². The second-order valence-electron chi connectivity index (χ2n) is 11.7. The molecule has 2 N–H and O–H groups in total. The molecule has 266 valence electrons. The Bertz CT molecular complexity index is 2700. The molecule has 0 radical (unpaired) electrons. The number of H-pyrrole nitrogens is 2. The van der Waals surface area contributed by atoms with Gasteiger partial charge in [0, 0.05) is 38.4 Å². The lowest BCUT2D eigenvalue weighted by Gasteiger charge is -2.10. The van der Waals surface area contributed by atoms with E-state index in [9.17, 15) is 9.59 Å². The molecule has 0 aliphatic heterocycles. The number of hydrogen-bond donors (Lipinski definition) is 2. The van der Waals surface area contributed by atoms with Crippen LogP contribution in [0.5, 0.6) is 11.5 Å². The van der Waals surface area contributed by atoms with Gasteiger partial charge in [-0.05, 0) is 54.0 Å². The second-order valence-corrected chi connectivity index (χ2v) is 13.3. The molecule has 8 rings (SSSR count). The third kappa shape index (κ3) is 7.72. The number of nitrogens with one attached hydrogen (secondary N) is 2. The molecule has 15 heteroatoms. The fourth-order valence-corrected chi connectivity index (χ4v) is 5.98. The number of aromatic amines is 2. The van der Waals surface area contributed by atoms with Gasteiger partial charge in [0.2, 0.25) is 0 Å². The van der Waals surface area contributed by atoms with Crippen molar-refractivity contribution >= 4 is 50.7 Å². The first-order valence-corrected chi connectivity index (χ1v) is 17.7. The van der Waals surface area contributed by atoms with E-state index in [0.29, 0.717) is 54.8 Å². The minimum Gasteiger partial charge on any atom is -0.487 e. The van der Waals surface area contributed by atoms with Crippen LogP contribution in [0.1, 0.15) is 22.5 Å². The summed E-state index contributed by atoms with van der Waals surface area (Å²) in [5.41, 5.74) is 3.86. The first-order chi connectivity index (χ1) is 25.7. The average molecular weight is 813 g/mol. The molecule has 4 heterocycles. The Hall–Kier alpha value is -5.76. The number of aromatic nitrogens is 8. The number of rotatable bonds is 8. The second kappa shape index (κ2) is 15.5. The predicted molar refractivity (Wildman–Crippen MR) is 207 cm³/mol. The van der Waals surface area contributed by atoms with Crippen molar-refractivity contribution in [1.82, 2.24) is 39.2 Å². The lowest BCUT2D eigenvalue weighted by Crippen LogP contribution is -2.19. The van der Waals surface area contributed by atoms with Crippen LogP contribution in [0.2, 0.25) is 10.0 Å². The fourth-order valence-electron chi connectivity index (χ4n) is 5.27. The van der Waals surface area contributed by atoms with Crippen molar-refractivity contribution < 1.29 is 9.47 Å². The Morgan fingerprint density at radius 1 is 0.642 bits per heavy atom. The highest BCUT2D eigenvalue weighted by atomic mass is 79.9. The van der Waals surface area contributed by atoms with Gasteiger partial charge in [0.1, 0.15) is 34.9 Å². The summed E-state index contributed by atoms with van der Waals surface area (Å²) in [5.74, 6) is 3.03. The zero-order chi connectivity index (χ0) is 37.1. The van der Waals surface area contributed by atoms with E-state index >= 15 is 0 Å². The molecular formula is C38H29BrCl2N8O4. The van der Waals surface area contributed by atoms with Crippen molar-refractivity contribution in [2.24, 2.45) is 0 Å². The van der Waals surface area contributed by atoms with E-state index in [1.807, 2.05) is 98.8 Å². The third-order valence-electron chi connectivity index (χ3n) is 8.16. The van der Waals surface area contributed by atoms with Crippen LogP contribution in [0, 0.1) is 13.8 Å². The van der Waals surface area contributed by atoms with Gasteiger partial charge in [-0.2, -0.15) is 19.0 Å². The van der Waals surface area contributed by atoms with E-state index in [-0.39, 0.29) is 30.1 Å². The molecule has 0 unspecified atom stereocenters. The van der Waals surface area contributed by atoms with E-state index in [2.05, 4.69) is 46.1 Å². The largest absolute Gasteiger partial charge is 0.487 e. The van der Waals surface area contributed by atoms with Gasteiger partial charge in [0.25, 0.3) is 22.7 Å². The maximum absolute atomic E-state index is 12.7. The lowest BCUT2D eigenvalue weighted by atomic mass is 10.2. The normalized spacial score (nSPS) is 11.0. The standard InChI is InChI=1S/C19H14BrClN4O2.C19H15ClN4O2/c1-11-13(21)8-5-9-15(11)27-10-14-16(20)18(26)25-19(22-14)23-17(24-25)12-6-3-2-4-7-12;1-12-15(20)8-5-9-16(12)26-11-14-10-17(25)24-19(21-14)22-18(23-24)13-6-3-2-4-7-13/h2-9H,10H2,1H3,(H,22,23,24);2-10H,11H2,1H3,(H,21,22,23). The smallest absolute Gasteiger partial charge is 0.288 e. The fraction of sp³-hybridized carbons (Fsp3) is 0.105. The van der Waals surface area contributed by atoms with Gasteiger partial charge in [0.15, 0.2) is 11.6 Å². The first-order valence-electron chi connectivity index (χ1n) is 16.2. The Morgan fingerprint density at radius 2 is 1.15 bits per heavy atom. The summed E-state index contributed by atoms with van der Waals surface area (Å²) in [5, 5.41) is 7.20. The molecule has 53 heavy (non-hydrogen) atoms. The SMILES string of the molecule is Cc1c(Cl)cccc1OCc1cc(=O)n2[nH]c(-c3ccccc3)nc2n1.Cc1c(Cl)cccc1OCc1nc2nc(-c3ccccc3)[nH]n2c(=O)c1Br. The first kappa shape index (κ1) is 35.6. The van der Waals surface area contributed by atoms with Gasteiger partial charge in [-0.15, -0.1) is 0 Å². The van der Waals surface area contributed by atoms with Gasteiger partial charge in [-0.25, -0.2) is 9.97 Å². The van der Waals surface area contributed by atoms with E-state index in [4.69, 9.17) is 32.7 Å². The highest BCUT2D eigenvalue weighted by molar-refractivity contribution is 9.10. The van der Waals surface area contributed by atoms with Gasteiger partial charge in [-0.3, -0.25) is 19.8 Å². The quantitative estimate of drug-likeness (QED) is 0.157. The summed E-state index contributed by atoms with van der Waals surface area (Å²) in [4.78, 5) is 42.7. The summed E-state index contributed by atoms with van der Waals surface area (Å²) in [7, 11) is 0. The summed E-state index contributed by atoms with van der Waals surface area (Å²) < 4.78 is 14.5. The maximum atomic E-state index is 12.7. The third-order valence-corrected chi connectivity index (χ3v) is 9.78. The molecular weight excluding hydrogens is 783 g/mol. The van der Waals surface area contributed by atoms with Crippen molar-refractivity contribution in [3.05, 3.63) is 161 Å². The molecule has 0 spiro atoms. The van der Waals surface area contributed by atoms with Crippen LogP contribution < -0.4 is 20.6 Å². The van der Waals surface area contributed by atoms with Crippen LogP contribution in [0.25, 0.3) is 34.3 Å². The van der Waals surface area contributed by atoms with Crippen molar-refractivity contribution in [1.29, 1.82) is 0 Å². The molecule has 0 saturated heterocycles. The molecule has 0 aliphatic carbocycles. The van der Waals surface area contributed by atoms with Gasteiger partial charge in [0.05, 0.1) is 5.69 Å². The Kier molecular flexibility index (Phi) is 10.4. The van der Waals surface area contributed by atoms with Crippen LogP contribution >= 0.6 is 39.1 Å². The van der Waals surface area contributed by atoms with Gasteiger partial charge in [-0.1, -0.05) is 96.0 Å². The molecule has 0 amide bonds. The predicted octanol–water partition coefficient (Wildman–Crippen LogP) is 8.01. The molecule has 0 saturated carbocycles. The Balaban J connectivity index is 0.000000164. The number of nitrogens with zero attached hydrogens (tertiary/aromatic N) is 6. The van der Waals surface area contributed by atoms with Crippen LogP contribution in [-0.4, -0.2) is 39.2 Å². The minimum atomic E-state index is -0.281. The average Bonchev–Trinajstić information content (AvgIpc) is 3.81. The van der Waals surface area contributed by atoms with Crippen LogP contribution in [0.4, 0.5) is 0 Å². The Labute approximate surface area is 320 Å². The van der Waals surface area contributed by atoms with E-state index in [0.717, 1.165) is 22.3 Å². The number of hydrogen-bond acceptors (Lipinski definition) is 8. The van der Waals surface area contributed by atoms with Crippen LogP contribution in [0.15, 0.2) is 117 Å². The summed E-state index contributed by atoms with van der Waals surface area (Å²) in [6.07, 6.45) is 0. The molecule has 4 aromatic carbocycles. The van der Waals surface area contributed by atoms with Crippen molar-refractivity contribution in [2.45, 2.75) is 27.1 Å². The van der Waals surface area contributed by atoms with E-state index in [1.54, 1.807) is 12.1 Å². The number of fused-ring (bicyclic) bond motifs is 2. The monoisotopic (exact) mass is 810 g/mol. The lowest BCUT2D eigenvalue weighted by molar-refractivity contribution is 0.298. The number of ether oxygens (including phenoxy) is 2. The van der Waals surface area contributed by atoms with Crippen LogP contribution in [0.3, 0.4) is 0 Å². The summed E-state index contributed by atoms with van der Waals surface area (Å²) in [6, 6.07) is 31.4. The highest BCUT2D eigenvalue weighted by Crippen LogP contribution is 2.27. The summed E-state index contributed by atoms with van der Waals surface area (Å²) >= 11 is 15.5. The molecule has 4 aromatic heterocycles. The molecule has 0 atom stereocenters. The van der Waals surface area contributed by atoms with Crippen molar-refractivity contribution in [3.63, 3.8) is 0 Å². The molecule has 0 bridgehead atoms. The molecule has 8 aromatic rings. The minimum absolute atomic E-state index is 0.112. The van der Waals surface area contributed by atoms with Crippen molar-refractivity contribution in [2.75, 3.05) is 0 Å². The van der Waals surface area contributed by atoms with E-state index < -0.39 is 0 Å². The molecule has 0 fully saturated rings. The molecule has 12 nitrogen and oxygen atoms in total. The number of halogens is 3.